The van der Waals surface area contributed by atoms with Gasteiger partial charge in [-0.3, -0.25) is 9.48 Å². The van der Waals surface area contributed by atoms with Gasteiger partial charge in [0, 0.05) is 30.1 Å². The number of nitrogens with one attached hydrogen (secondary N) is 2. The minimum atomic E-state index is -0.597. The SMILES string of the molecule is Cn1ncc(-c2ccccc2)c1-c1csc(C(=O)NC(CNC(=O)OC(C)(C)C)Cc2ccccc2)c1. The van der Waals surface area contributed by atoms with Crippen LogP contribution in [-0.4, -0.2) is 40.0 Å². The molecule has 2 N–H and O–H groups in total. The van der Waals surface area contributed by atoms with Crippen LogP contribution in [0.25, 0.3) is 22.4 Å². The highest BCUT2D eigenvalue weighted by atomic mass is 32.1. The molecule has 0 saturated carbocycles. The van der Waals surface area contributed by atoms with Gasteiger partial charge in [0.1, 0.15) is 5.60 Å². The van der Waals surface area contributed by atoms with Crippen LogP contribution in [0.2, 0.25) is 0 Å². The summed E-state index contributed by atoms with van der Waals surface area (Å²) in [4.78, 5) is 26.1. The molecular weight excluding hydrogens is 484 g/mol. The van der Waals surface area contributed by atoms with Gasteiger partial charge in [-0.2, -0.15) is 5.10 Å². The lowest BCUT2D eigenvalue weighted by Crippen LogP contribution is -2.45. The highest BCUT2D eigenvalue weighted by Crippen LogP contribution is 2.34. The third-order valence-electron chi connectivity index (χ3n) is 5.67. The summed E-state index contributed by atoms with van der Waals surface area (Å²) in [6.45, 7) is 5.69. The monoisotopic (exact) mass is 516 g/mol. The normalized spacial score (nSPS) is 12.1. The molecule has 2 aromatic carbocycles. The van der Waals surface area contributed by atoms with Crippen LogP contribution in [0, 0.1) is 0 Å². The number of hydrogen-bond donors (Lipinski definition) is 2. The van der Waals surface area contributed by atoms with Gasteiger partial charge in [0.25, 0.3) is 5.91 Å². The van der Waals surface area contributed by atoms with Gasteiger partial charge in [-0.25, -0.2) is 4.79 Å². The Labute approximate surface area is 221 Å². The summed E-state index contributed by atoms with van der Waals surface area (Å²) in [6.07, 6.45) is 1.91. The first-order valence-corrected chi connectivity index (χ1v) is 13.1. The standard InChI is InChI=1S/C29H32N4O3S/c1-29(2,3)36-28(35)30-17-23(15-20-11-7-5-8-12-20)32-27(34)25-16-22(19-37-25)26-24(18-31-33(26)4)21-13-9-6-10-14-21/h5-14,16,18-19,23H,15,17H2,1-4H3,(H,30,35)(H,32,34). The van der Waals surface area contributed by atoms with Gasteiger partial charge in [-0.1, -0.05) is 60.7 Å². The van der Waals surface area contributed by atoms with Crippen molar-refractivity contribution in [1.82, 2.24) is 20.4 Å². The molecule has 192 valence electrons. The first kappa shape index (κ1) is 26.2. The van der Waals surface area contributed by atoms with Crippen molar-refractivity contribution in [2.24, 2.45) is 7.05 Å². The quantitative estimate of drug-likeness (QED) is 0.315. The number of carbonyl (C=O) groups is 2. The van der Waals surface area contributed by atoms with Gasteiger partial charge in [0.05, 0.1) is 22.8 Å². The zero-order valence-electron chi connectivity index (χ0n) is 21.5. The fraction of sp³-hybridized carbons (Fsp3) is 0.276. The van der Waals surface area contributed by atoms with E-state index in [1.807, 2.05) is 111 Å². The second-order valence-electron chi connectivity index (χ2n) is 9.84. The lowest BCUT2D eigenvalue weighted by molar-refractivity contribution is 0.0520. The van der Waals surface area contributed by atoms with Crippen molar-refractivity contribution in [1.29, 1.82) is 0 Å². The van der Waals surface area contributed by atoms with E-state index in [4.69, 9.17) is 4.74 Å². The summed E-state index contributed by atoms with van der Waals surface area (Å²) in [5.74, 6) is -0.188. The average molecular weight is 517 g/mol. The predicted octanol–water partition coefficient (Wildman–Crippen LogP) is 5.68. The smallest absolute Gasteiger partial charge is 0.407 e. The summed E-state index contributed by atoms with van der Waals surface area (Å²) in [5, 5.41) is 12.3. The van der Waals surface area contributed by atoms with Crippen LogP contribution in [0.3, 0.4) is 0 Å². The van der Waals surface area contributed by atoms with Gasteiger partial charge in [-0.15, -0.1) is 11.3 Å². The number of aryl methyl sites for hydroxylation is 1. The molecule has 0 bridgehead atoms. The van der Waals surface area contributed by atoms with Crippen molar-refractivity contribution in [3.8, 4) is 22.4 Å². The first-order chi connectivity index (χ1) is 17.7. The van der Waals surface area contributed by atoms with Crippen molar-refractivity contribution >= 4 is 23.3 Å². The molecule has 0 radical (unpaired) electrons. The maximum Gasteiger partial charge on any atom is 0.407 e. The van der Waals surface area contributed by atoms with Crippen LogP contribution in [0.15, 0.2) is 78.3 Å². The Morgan fingerprint density at radius 3 is 2.38 bits per heavy atom. The Morgan fingerprint density at radius 1 is 1.03 bits per heavy atom. The lowest BCUT2D eigenvalue weighted by Gasteiger charge is -2.22. The van der Waals surface area contributed by atoms with Crippen molar-refractivity contribution in [3.63, 3.8) is 0 Å². The largest absolute Gasteiger partial charge is 0.444 e. The fourth-order valence-electron chi connectivity index (χ4n) is 4.04. The van der Waals surface area contributed by atoms with Gasteiger partial charge >= 0.3 is 6.09 Å². The number of rotatable bonds is 8. The molecule has 4 rings (SSSR count). The third-order valence-corrected chi connectivity index (χ3v) is 6.60. The molecule has 2 heterocycles. The first-order valence-electron chi connectivity index (χ1n) is 12.2. The number of nitrogens with zero attached hydrogens (tertiary/aromatic N) is 2. The molecule has 0 saturated heterocycles. The Hall–Kier alpha value is -3.91. The van der Waals surface area contributed by atoms with Crippen LogP contribution in [-0.2, 0) is 18.2 Å². The van der Waals surface area contributed by atoms with E-state index in [9.17, 15) is 9.59 Å². The van der Waals surface area contributed by atoms with Crippen LogP contribution < -0.4 is 10.6 Å². The number of thiophene rings is 1. The molecule has 0 fully saturated rings. The number of aromatic nitrogens is 2. The lowest BCUT2D eigenvalue weighted by atomic mass is 10.0. The van der Waals surface area contributed by atoms with Gasteiger partial charge in [0.2, 0.25) is 0 Å². The summed E-state index contributed by atoms with van der Waals surface area (Å²) in [5.41, 5.74) is 4.43. The zero-order chi connectivity index (χ0) is 26.4. The summed E-state index contributed by atoms with van der Waals surface area (Å²) in [6, 6.07) is 21.5. The topological polar surface area (TPSA) is 85.3 Å². The van der Waals surface area contributed by atoms with Gasteiger partial charge in [-0.05, 0) is 44.4 Å². The molecule has 2 aromatic heterocycles. The van der Waals surface area contributed by atoms with Crippen molar-refractivity contribution in [3.05, 3.63) is 88.7 Å². The van der Waals surface area contributed by atoms with Crippen molar-refractivity contribution < 1.29 is 14.3 Å². The Balaban J connectivity index is 1.50. The summed E-state index contributed by atoms with van der Waals surface area (Å²) >= 11 is 1.38. The predicted molar refractivity (Wildman–Crippen MR) is 148 cm³/mol. The fourth-order valence-corrected chi connectivity index (χ4v) is 4.83. The van der Waals surface area contributed by atoms with E-state index in [0.717, 1.165) is 27.9 Å². The van der Waals surface area contributed by atoms with Crippen LogP contribution in [0.4, 0.5) is 4.79 Å². The zero-order valence-corrected chi connectivity index (χ0v) is 22.3. The molecule has 1 unspecified atom stereocenters. The minimum Gasteiger partial charge on any atom is -0.444 e. The maximum atomic E-state index is 13.3. The van der Waals surface area contributed by atoms with E-state index in [-0.39, 0.29) is 18.5 Å². The van der Waals surface area contributed by atoms with Gasteiger partial charge < -0.3 is 15.4 Å². The Morgan fingerprint density at radius 2 is 1.70 bits per heavy atom. The number of amides is 2. The molecule has 0 aliphatic heterocycles. The van der Waals surface area contributed by atoms with E-state index in [2.05, 4.69) is 15.7 Å². The molecule has 4 aromatic rings. The molecule has 0 spiro atoms. The molecule has 0 aliphatic rings. The van der Waals surface area contributed by atoms with Crippen LogP contribution in [0.5, 0.6) is 0 Å². The molecular formula is C29H32N4O3S. The van der Waals surface area contributed by atoms with Gasteiger partial charge in [0.15, 0.2) is 0 Å². The molecule has 0 aliphatic carbocycles. The van der Waals surface area contributed by atoms with E-state index < -0.39 is 11.7 Å². The average Bonchev–Trinajstić information content (AvgIpc) is 3.49. The van der Waals surface area contributed by atoms with E-state index in [0.29, 0.717) is 11.3 Å². The Kier molecular flexibility index (Phi) is 8.08. The molecule has 7 nitrogen and oxygen atoms in total. The van der Waals surface area contributed by atoms with E-state index in [1.165, 1.54) is 11.3 Å². The molecule has 37 heavy (non-hydrogen) atoms. The Bertz CT molecular complexity index is 1340. The van der Waals surface area contributed by atoms with Crippen molar-refractivity contribution in [2.45, 2.75) is 38.8 Å². The number of hydrogen-bond acceptors (Lipinski definition) is 5. The van der Waals surface area contributed by atoms with Crippen molar-refractivity contribution in [2.75, 3.05) is 6.54 Å². The maximum absolute atomic E-state index is 13.3. The third kappa shape index (κ3) is 7.07. The van der Waals surface area contributed by atoms with Crippen LogP contribution >= 0.6 is 11.3 Å². The second-order valence-corrected chi connectivity index (χ2v) is 10.8. The van der Waals surface area contributed by atoms with E-state index in [1.54, 1.807) is 0 Å². The number of ether oxygens (including phenoxy) is 1. The van der Waals surface area contributed by atoms with Crippen LogP contribution in [0.1, 0.15) is 36.0 Å². The second kappa shape index (κ2) is 11.4. The number of alkyl carbamates (subject to hydrolysis) is 1. The number of carbonyl (C=O) groups excluding carboxylic acids is 2. The highest BCUT2D eigenvalue weighted by Gasteiger charge is 2.21. The molecule has 8 heteroatoms. The highest BCUT2D eigenvalue weighted by molar-refractivity contribution is 7.12. The minimum absolute atomic E-state index is 0.188. The summed E-state index contributed by atoms with van der Waals surface area (Å²) < 4.78 is 7.19. The molecule has 1 atom stereocenters. The molecule has 2 amide bonds. The number of benzene rings is 2. The van der Waals surface area contributed by atoms with E-state index >= 15 is 0 Å². The summed E-state index contributed by atoms with van der Waals surface area (Å²) in [7, 11) is 1.90.